The van der Waals surface area contributed by atoms with Crippen LogP contribution >= 0.6 is 0 Å². The number of nitrogens with zero attached hydrogens (tertiary/aromatic N) is 1. The van der Waals surface area contributed by atoms with Crippen LogP contribution in [0.25, 0.3) is 0 Å². The number of carbonyl (C=O) groups is 1. The highest BCUT2D eigenvalue weighted by molar-refractivity contribution is 5.95. The van der Waals surface area contributed by atoms with E-state index < -0.39 is 4.92 Å². The quantitative estimate of drug-likeness (QED) is 0.577. The molecule has 7 nitrogen and oxygen atoms in total. The Labute approximate surface area is 123 Å². The van der Waals surface area contributed by atoms with E-state index >= 15 is 0 Å². The molecule has 7 heteroatoms. The van der Waals surface area contributed by atoms with Crippen molar-refractivity contribution >= 4 is 17.3 Å². The van der Waals surface area contributed by atoms with Gasteiger partial charge < -0.3 is 16.0 Å². The molecule has 2 rings (SSSR count). The zero-order chi connectivity index (χ0) is 15.5. The third-order valence-corrected chi connectivity index (χ3v) is 3.83. The largest absolute Gasteiger partial charge is 0.374 e. The minimum atomic E-state index is -0.459. The molecule has 1 aliphatic heterocycles. The smallest absolute Gasteiger partial charge is 0.293 e. The van der Waals surface area contributed by atoms with Crippen molar-refractivity contribution < 1.29 is 9.72 Å². The van der Waals surface area contributed by atoms with Crippen LogP contribution in [0.3, 0.4) is 0 Å². The molecule has 0 spiro atoms. The summed E-state index contributed by atoms with van der Waals surface area (Å²) >= 11 is 0. The lowest BCUT2D eigenvalue weighted by atomic mass is 9.90. The van der Waals surface area contributed by atoms with Crippen LogP contribution in [-0.4, -0.2) is 36.5 Å². The molecule has 21 heavy (non-hydrogen) atoms. The number of nitro groups is 1. The summed E-state index contributed by atoms with van der Waals surface area (Å²) in [5.74, 6) is -0.335. The van der Waals surface area contributed by atoms with Gasteiger partial charge in [-0.2, -0.15) is 0 Å². The Kier molecular flexibility index (Phi) is 4.42. The number of nitrogens with one attached hydrogen (secondary N) is 3. The van der Waals surface area contributed by atoms with E-state index in [1.165, 1.54) is 13.1 Å². The van der Waals surface area contributed by atoms with Gasteiger partial charge in [0.15, 0.2) is 0 Å². The standard InChI is InChI=1S/C14H20N4O3/c1-14(5-7-16-8-6-14)17-11-4-3-10(13(19)15-2)9-12(11)18(20)21/h3-4,9,16-17H,5-8H2,1-2H3,(H,15,19). The monoisotopic (exact) mass is 292 g/mol. The SMILES string of the molecule is CNC(=O)c1ccc(NC2(C)CCNCC2)c([N+](=O)[O-])c1. The van der Waals surface area contributed by atoms with E-state index in [2.05, 4.69) is 22.9 Å². The Morgan fingerprint density at radius 1 is 1.38 bits per heavy atom. The number of amides is 1. The van der Waals surface area contributed by atoms with Gasteiger partial charge in [-0.25, -0.2) is 0 Å². The zero-order valence-corrected chi connectivity index (χ0v) is 12.2. The Balaban J connectivity index is 2.30. The van der Waals surface area contributed by atoms with Crippen molar-refractivity contribution in [2.75, 3.05) is 25.5 Å². The molecule has 1 saturated heterocycles. The van der Waals surface area contributed by atoms with E-state index in [4.69, 9.17) is 0 Å². The van der Waals surface area contributed by atoms with Gasteiger partial charge in [-0.05, 0) is 45.0 Å². The molecule has 1 aromatic rings. The highest BCUT2D eigenvalue weighted by Gasteiger charge is 2.29. The number of hydrogen-bond donors (Lipinski definition) is 3. The minimum absolute atomic E-state index is 0.0733. The van der Waals surface area contributed by atoms with E-state index in [1.54, 1.807) is 12.1 Å². The second kappa shape index (κ2) is 6.09. The maximum Gasteiger partial charge on any atom is 0.293 e. The molecule has 1 aliphatic rings. The number of hydrogen-bond acceptors (Lipinski definition) is 5. The van der Waals surface area contributed by atoms with E-state index in [-0.39, 0.29) is 22.7 Å². The fourth-order valence-electron chi connectivity index (χ4n) is 2.50. The van der Waals surface area contributed by atoms with Crippen LogP contribution in [0.1, 0.15) is 30.1 Å². The minimum Gasteiger partial charge on any atom is -0.374 e. The summed E-state index contributed by atoms with van der Waals surface area (Å²) in [4.78, 5) is 22.4. The zero-order valence-electron chi connectivity index (χ0n) is 12.2. The summed E-state index contributed by atoms with van der Waals surface area (Å²) < 4.78 is 0. The van der Waals surface area contributed by atoms with E-state index in [0.29, 0.717) is 5.69 Å². The highest BCUT2D eigenvalue weighted by atomic mass is 16.6. The Morgan fingerprint density at radius 2 is 2.05 bits per heavy atom. The number of anilines is 1. The topological polar surface area (TPSA) is 96.3 Å². The first-order chi connectivity index (χ1) is 9.95. The first kappa shape index (κ1) is 15.2. The van der Waals surface area contributed by atoms with E-state index in [1.807, 2.05) is 0 Å². The summed E-state index contributed by atoms with van der Waals surface area (Å²) in [6, 6.07) is 4.51. The van der Waals surface area contributed by atoms with Crippen molar-refractivity contribution in [3.05, 3.63) is 33.9 Å². The molecule has 0 atom stereocenters. The van der Waals surface area contributed by atoms with Crippen LogP contribution in [0.5, 0.6) is 0 Å². The molecule has 0 unspecified atom stereocenters. The molecule has 0 aliphatic carbocycles. The van der Waals surface area contributed by atoms with Gasteiger partial charge in [0.25, 0.3) is 11.6 Å². The summed E-state index contributed by atoms with van der Waals surface area (Å²) in [7, 11) is 1.50. The predicted molar refractivity (Wildman–Crippen MR) is 80.6 cm³/mol. The Hall–Kier alpha value is -2.15. The summed E-state index contributed by atoms with van der Waals surface area (Å²) in [5.41, 5.74) is 0.489. The van der Waals surface area contributed by atoms with Crippen LogP contribution in [0.4, 0.5) is 11.4 Å². The van der Waals surface area contributed by atoms with Gasteiger partial charge in [-0.1, -0.05) is 0 Å². The number of nitro benzene ring substituents is 1. The number of benzene rings is 1. The molecule has 3 N–H and O–H groups in total. The van der Waals surface area contributed by atoms with Gasteiger partial charge in [0.2, 0.25) is 0 Å². The van der Waals surface area contributed by atoms with Gasteiger partial charge in [-0.15, -0.1) is 0 Å². The van der Waals surface area contributed by atoms with E-state index in [0.717, 1.165) is 25.9 Å². The number of piperidine rings is 1. The van der Waals surface area contributed by atoms with Crippen molar-refractivity contribution in [1.82, 2.24) is 10.6 Å². The third-order valence-electron chi connectivity index (χ3n) is 3.83. The average molecular weight is 292 g/mol. The van der Waals surface area contributed by atoms with E-state index in [9.17, 15) is 14.9 Å². The second-order valence-electron chi connectivity index (χ2n) is 5.50. The lowest BCUT2D eigenvalue weighted by molar-refractivity contribution is -0.384. The van der Waals surface area contributed by atoms with Gasteiger partial charge in [-0.3, -0.25) is 14.9 Å². The van der Waals surface area contributed by atoms with Crippen molar-refractivity contribution in [3.63, 3.8) is 0 Å². The molecule has 1 fully saturated rings. The maximum atomic E-state index is 11.6. The molecule has 1 aromatic carbocycles. The van der Waals surface area contributed by atoms with Crippen LogP contribution in [0, 0.1) is 10.1 Å². The van der Waals surface area contributed by atoms with Crippen LogP contribution in [-0.2, 0) is 0 Å². The molecule has 0 aromatic heterocycles. The van der Waals surface area contributed by atoms with Gasteiger partial charge >= 0.3 is 0 Å². The third kappa shape index (κ3) is 3.49. The average Bonchev–Trinajstić information content (AvgIpc) is 2.47. The lowest BCUT2D eigenvalue weighted by Crippen LogP contribution is -2.45. The molecule has 0 saturated carbocycles. The van der Waals surface area contributed by atoms with Crippen LogP contribution in [0.15, 0.2) is 18.2 Å². The lowest BCUT2D eigenvalue weighted by Gasteiger charge is -2.35. The highest BCUT2D eigenvalue weighted by Crippen LogP contribution is 2.31. The van der Waals surface area contributed by atoms with Crippen molar-refractivity contribution in [3.8, 4) is 0 Å². The molecule has 1 amide bonds. The van der Waals surface area contributed by atoms with Crippen molar-refractivity contribution in [1.29, 1.82) is 0 Å². The van der Waals surface area contributed by atoms with Crippen LogP contribution < -0.4 is 16.0 Å². The predicted octanol–water partition coefficient (Wildman–Crippen LogP) is 1.51. The first-order valence-corrected chi connectivity index (χ1v) is 6.95. The molecule has 1 heterocycles. The Bertz CT molecular complexity index is 553. The molecular weight excluding hydrogens is 272 g/mol. The summed E-state index contributed by atoms with van der Waals surface area (Å²) in [6.45, 7) is 3.82. The van der Waals surface area contributed by atoms with Gasteiger partial charge in [0, 0.05) is 24.2 Å². The normalized spacial score (nSPS) is 17.0. The Morgan fingerprint density at radius 3 is 2.62 bits per heavy atom. The fourth-order valence-corrected chi connectivity index (χ4v) is 2.50. The number of carbonyl (C=O) groups excluding carboxylic acids is 1. The molecular formula is C14H20N4O3. The van der Waals surface area contributed by atoms with Crippen molar-refractivity contribution in [2.45, 2.75) is 25.3 Å². The molecule has 0 radical (unpaired) electrons. The summed E-state index contributed by atoms with van der Waals surface area (Å²) in [6.07, 6.45) is 1.78. The maximum absolute atomic E-state index is 11.6. The van der Waals surface area contributed by atoms with Crippen LogP contribution in [0.2, 0.25) is 0 Å². The summed E-state index contributed by atoms with van der Waals surface area (Å²) in [5, 5.41) is 20.3. The van der Waals surface area contributed by atoms with Gasteiger partial charge in [0.05, 0.1) is 4.92 Å². The number of rotatable bonds is 4. The fraction of sp³-hybridized carbons (Fsp3) is 0.500. The van der Waals surface area contributed by atoms with Crippen molar-refractivity contribution in [2.24, 2.45) is 0 Å². The van der Waals surface area contributed by atoms with Gasteiger partial charge in [0.1, 0.15) is 5.69 Å². The first-order valence-electron chi connectivity index (χ1n) is 6.95. The molecule has 0 bridgehead atoms. The second-order valence-corrected chi connectivity index (χ2v) is 5.50. The molecule has 114 valence electrons.